The standard InChI is InChI=1S/C10H8BrFN2OS/c1-5-4-15-10(14-5)16-9-3-7(12)6(11)2-8(9)13/h2-4H,13H2,1H3. The Morgan fingerprint density at radius 2 is 2.25 bits per heavy atom. The van der Waals surface area contributed by atoms with E-state index in [0.29, 0.717) is 20.3 Å². The van der Waals surface area contributed by atoms with Crippen molar-refractivity contribution in [1.82, 2.24) is 4.98 Å². The summed E-state index contributed by atoms with van der Waals surface area (Å²) in [5.74, 6) is -0.361. The average Bonchev–Trinajstić information content (AvgIpc) is 2.60. The Morgan fingerprint density at radius 3 is 2.88 bits per heavy atom. The van der Waals surface area contributed by atoms with Gasteiger partial charge in [-0.05, 0) is 46.7 Å². The van der Waals surface area contributed by atoms with Gasteiger partial charge in [-0.2, -0.15) is 0 Å². The molecule has 1 heterocycles. The summed E-state index contributed by atoms with van der Waals surface area (Å²) in [6.45, 7) is 1.82. The molecular weight excluding hydrogens is 295 g/mol. The van der Waals surface area contributed by atoms with E-state index in [-0.39, 0.29) is 5.82 Å². The van der Waals surface area contributed by atoms with Crippen molar-refractivity contribution in [2.24, 2.45) is 0 Å². The second-order valence-electron chi connectivity index (χ2n) is 3.16. The van der Waals surface area contributed by atoms with E-state index in [4.69, 9.17) is 10.2 Å². The van der Waals surface area contributed by atoms with Gasteiger partial charge < -0.3 is 10.2 Å². The van der Waals surface area contributed by atoms with Crippen molar-refractivity contribution in [2.45, 2.75) is 17.0 Å². The minimum absolute atomic E-state index is 0.345. The fourth-order valence-corrected chi connectivity index (χ4v) is 2.28. The topological polar surface area (TPSA) is 52.0 Å². The summed E-state index contributed by atoms with van der Waals surface area (Å²) >= 11 is 4.26. The van der Waals surface area contributed by atoms with Gasteiger partial charge in [0.15, 0.2) is 0 Å². The molecule has 0 spiro atoms. The first-order chi connectivity index (χ1) is 7.56. The van der Waals surface area contributed by atoms with Crippen LogP contribution in [0.2, 0.25) is 0 Å². The van der Waals surface area contributed by atoms with Gasteiger partial charge in [0, 0.05) is 10.6 Å². The maximum Gasteiger partial charge on any atom is 0.260 e. The van der Waals surface area contributed by atoms with E-state index in [0.717, 1.165) is 5.69 Å². The third-order valence-electron chi connectivity index (χ3n) is 1.85. The monoisotopic (exact) mass is 302 g/mol. The molecular formula is C10H8BrFN2OS. The zero-order valence-electron chi connectivity index (χ0n) is 8.33. The van der Waals surface area contributed by atoms with Crippen molar-refractivity contribution in [2.75, 3.05) is 5.73 Å². The largest absolute Gasteiger partial charge is 0.439 e. The van der Waals surface area contributed by atoms with Crippen molar-refractivity contribution in [3.63, 3.8) is 0 Å². The van der Waals surface area contributed by atoms with Crippen LogP contribution in [0, 0.1) is 12.7 Å². The van der Waals surface area contributed by atoms with Gasteiger partial charge in [-0.1, -0.05) is 0 Å². The van der Waals surface area contributed by atoms with E-state index in [1.807, 2.05) is 6.92 Å². The summed E-state index contributed by atoms with van der Waals surface area (Å²) in [6.07, 6.45) is 1.54. The van der Waals surface area contributed by atoms with Crippen LogP contribution < -0.4 is 5.73 Å². The highest BCUT2D eigenvalue weighted by Gasteiger charge is 2.10. The van der Waals surface area contributed by atoms with Crippen LogP contribution >= 0.6 is 27.7 Å². The maximum absolute atomic E-state index is 13.3. The van der Waals surface area contributed by atoms with Crippen molar-refractivity contribution < 1.29 is 8.81 Å². The quantitative estimate of drug-likeness (QED) is 0.861. The summed E-state index contributed by atoms with van der Waals surface area (Å²) in [4.78, 5) is 4.69. The smallest absolute Gasteiger partial charge is 0.260 e. The van der Waals surface area contributed by atoms with E-state index in [2.05, 4.69) is 20.9 Å². The Morgan fingerprint density at radius 1 is 1.50 bits per heavy atom. The van der Waals surface area contributed by atoms with Crippen LogP contribution in [0.1, 0.15) is 5.69 Å². The molecule has 0 amide bonds. The minimum atomic E-state index is -0.361. The molecule has 0 aliphatic carbocycles. The number of anilines is 1. The van der Waals surface area contributed by atoms with E-state index in [9.17, 15) is 4.39 Å². The van der Waals surface area contributed by atoms with Crippen molar-refractivity contribution in [3.05, 3.63) is 34.4 Å². The first-order valence-electron chi connectivity index (χ1n) is 4.41. The van der Waals surface area contributed by atoms with Gasteiger partial charge in [0.1, 0.15) is 12.1 Å². The van der Waals surface area contributed by atoms with Gasteiger partial charge >= 0.3 is 0 Å². The number of halogens is 2. The number of hydrogen-bond acceptors (Lipinski definition) is 4. The van der Waals surface area contributed by atoms with Crippen molar-refractivity contribution >= 4 is 33.4 Å². The van der Waals surface area contributed by atoms with Crippen LogP contribution in [0.3, 0.4) is 0 Å². The van der Waals surface area contributed by atoms with Gasteiger partial charge in [0.2, 0.25) is 0 Å². The van der Waals surface area contributed by atoms with Gasteiger partial charge in [-0.25, -0.2) is 9.37 Å². The number of nitrogens with two attached hydrogens (primary N) is 1. The van der Waals surface area contributed by atoms with Crippen LogP contribution in [-0.2, 0) is 0 Å². The van der Waals surface area contributed by atoms with Crippen molar-refractivity contribution in [3.8, 4) is 0 Å². The van der Waals surface area contributed by atoms with Crippen LogP contribution in [-0.4, -0.2) is 4.98 Å². The average molecular weight is 303 g/mol. The summed E-state index contributed by atoms with van der Waals surface area (Å²) in [6, 6.07) is 2.87. The molecule has 0 unspecified atom stereocenters. The minimum Gasteiger partial charge on any atom is -0.439 e. The zero-order chi connectivity index (χ0) is 11.7. The molecule has 1 aromatic heterocycles. The summed E-state index contributed by atoms with van der Waals surface area (Å²) in [5, 5.41) is 0.450. The van der Waals surface area contributed by atoms with Gasteiger partial charge in [-0.3, -0.25) is 0 Å². The molecule has 84 valence electrons. The highest BCUT2D eigenvalue weighted by molar-refractivity contribution is 9.10. The first-order valence-corrected chi connectivity index (χ1v) is 6.01. The van der Waals surface area contributed by atoms with E-state index in [1.165, 1.54) is 30.2 Å². The predicted molar refractivity (Wildman–Crippen MR) is 63.9 cm³/mol. The predicted octanol–water partition coefficient (Wildman–Crippen LogP) is 3.62. The van der Waals surface area contributed by atoms with Crippen LogP contribution in [0.15, 0.2) is 37.4 Å². The Balaban J connectivity index is 2.31. The number of aryl methyl sites for hydroxylation is 1. The normalized spacial score (nSPS) is 10.7. The Bertz CT molecular complexity index is 530. The van der Waals surface area contributed by atoms with Crippen molar-refractivity contribution in [1.29, 1.82) is 0 Å². The highest BCUT2D eigenvalue weighted by atomic mass is 79.9. The number of nitrogens with zero attached hydrogens (tertiary/aromatic N) is 1. The molecule has 16 heavy (non-hydrogen) atoms. The van der Waals surface area contributed by atoms with Gasteiger partial charge in [0.25, 0.3) is 5.22 Å². The van der Waals surface area contributed by atoms with Gasteiger partial charge in [-0.15, -0.1) is 0 Å². The molecule has 0 atom stereocenters. The second kappa shape index (κ2) is 4.47. The molecule has 0 aliphatic heterocycles. The molecule has 0 radical (unpaired) electrons. The lowest BCUT2D eigenvalue weighted by atomic mass is 10.3. The third-order valence-corrected chi connectivity index (χ3v) is 3.39. The maximum atomic E-state index is 13.3. The van der Waals surface area contributed by atoms with Crippen LogP contribution in [0.5, 0.6) is 0 Å². The lowest BCUT2D eigenvalue weighted by molar-refractivity contribution is 0.454. The molecule has 0 bridgehead atoms. The fourth-order valence-electron chi connectivity index (χ4n) is 1.11. The molecule has 0 fully saturated rings. The van der Waals surface area contributed by atoms with E-state index >= 15 is 0 Å². The SMILES string of the molecule is Cc1coc(Sc2cc(F)c(Br)cc2N)n1. The second-order valence-corrected chi connectivity index (χ2v) is 5.01. The number of aromatic nitrogens is 1. The Hall–Kier alpha value is -1.01. The Labute approximate surface area is 104 Å². The summed E-state index contributed by atoms with van der Waals surface area (Å²) < 4.78 is 18.8. The molecule has 0 saturated carbocycles. The lowest BCUT2D eigenvalue weighted by Gasteiger charge is -2.03. The molecule has 2 rings (SSSR count). The summed E-state index contributed by atoms with van der Waals surface area (Å²) in [5.41, 5.74) is 7.02. The number of nitrogen functional groups attached to an aromatic ring is 1. The molecule has 3 nitrogen and oxygen atoms in total. The van der Waals surface area contributed by atoms with E-state index in [1.54, 1.807) is 0 Å². The van der Waals surface area contributed by atoms with Crippen LogP contribution in [0.4, 0.5) is 10.1 Å². The molecule has 1 aromatic carbocycles. The number of rotatable bonds is 2. The van der Waals surface area contributed by atoms with Crippen LogP contribution in [0.25, 0.3) is 0 Å². The summed E-state index contributed by atoms with van der Waals surface area (Å²) in [7, 11) is 0. The number of hydrogen-bond donors (Lipinski definition) is 1. The lowest BCUT2D eigenvalue weighted by Crippen LogP contribution is -1.91. The molecule has 2 N–H and O–H groups in total. The highest BCUT2D eigenvalue weighted by Crippen LogP contribution is 2.34. The number of benzene rings is 1. The number of oxazole rings is 1. The first kappa shape index (κ1) is 11.5. The zero-order valence-corrected chi connectivity index (χ0v) is 10.7. The fraction of sp³-hybridized carbons (Fsp3) is 0.100. The molecule has 0 saturated heterocycles. The third kappa shape index (κ3) is 2.38. The molecule has 2 aromatic rings. The molecule has 6 heteroatoms. The van der Waals surface area contributed by atoms with E-state index < -0.39 is 0 Å². The Kier molecular flexibility index (Phi) is 3.20. The molecule has 0 aliphatic rings. The van der Waals surface area contributed by atoms with Gasteiger partial charge in [0.05, 0.1) is 10.2 Å².